The van der Waals surface area contributed by atoms with E-state index in [1.165, 1.54) is 31.0 Å². The number of rotatable bonds is 3. The Balaban J connectivity index is 0.000000555. The molecule has 1 aromatic rings. The first-order chi connectivity index (χ1) is 8.86. The maximum absolute atomic E-state index is 10.3. The molecule has 0 unspecified atom stereocenters. The Kier molecular flexibility index (Phi) is 8.92. The van der Waals surface area contributed by atoms with Crippen molar-refractivity contribution in [3.63, 3.8) is 0 Å². The average Bonchev–Trinajstić information content (AvgIpc) is 2.37. The minimum Gasteiger partial charge on any atom is -0.482 e. The predicted molar refractivity (Wildman–Crippen MR) is 84.9 cm³/mol. The Morgan fingerprint density at radius 1 is 1.58 bits per heavy atom. The second-order valence-electron chi connectivity index (χ2n) is 3.05. The summed E-state index contributed by atoms with van der Waals surface area (Å²) in [6, 6.07) is 6.20. The summed E-state index contributed by atoms with van der Waals surface area (Å²) >= 11 is 9.14. The lowest BCUT2D eigenvalue weighted by atomic mass is 10.2. The number of thiol groups is 1. The number of nitro benzene ring substituents is 1. The van der Waals surface area contributed by atoms with Crippen LogP contribution in [0.25, 0.3) is 0 Å². The zero-order valence-corrected chi connectivity index (χ0v) is 12.6. The lowest BCUT2D eigenvalue weighted by molar-refractivity contribution is -0.384. The summed E-state index contributed by atoms with van der Waals surface area (Å²) in [4.78, 5) is 9.88. The van der Waals surface area contributed by atoms with Crippen LogP contribution in [0, 0.1) is 15.5 Å². The summed E-state index contributed by atoms with van der Waals surface area (Å²) in [6.45, 7) is 0. The quantitative estimate of drug-likeness (QED) is 0.198. The van der Waals surface area contributed by atoms with Gasteiger partial charge in [-0.05, 0) is 17.8 Å². The van der Waals surface area contributed by atoms with Crippen molar-refractivity contribution in [1.82, 2.24) is 0 Å². The summed E-state index contributed by atoms with van der Waals surface area (Å²) < 4.78 is 4.63. The van der Waals surface area contributed by atoms with Crippen LogP contribution in [0.2, 0.25) is 0 Å². The first-order valence-electron chi connectivity index (χ1n) is 4.84. The zero-order chi connectivity index (χ0) is 14.8. The monoisotopic (exact) mass is 319 g/mol. The average molecular weight is 319 g/mol. The highest BCUT2D eigenvalue weighted by molar-refractivity contribution is 8.13. The number of ether oxygens (including phenoxy) is 1. The van der Waals surface area contributed by atoms with Crippen molar-refractivity contribution in [2.75, 3.05) is 7.11 Å². The topological polar surface area (TPSA) is 102 Å². The third-order valence-electron chi connectivity index (χ3n) is 1.72. The minimum atomic E-state index is -0.443. The van der Waals surface area contributed by atoms with Gasteiger partial charge in [0.1, 0.15) is 0 Å². The molecule has 9 heteroatoms. The van der Waals surface area contributed by atoms with Crippen molar-refractivity contribution >= 4 is 51.8 Å². The van der Waals surface area contributed by atoms with E-state index in [-0.39, 0.29) is 15.2 Å². The number of nitrogens with one attached hydrogen (secondary N) is 1. The van der Waals surface area contributed by atoms with Gasteiger partial charge in [-0.25, -0.2) is 0 Å². The highest BCUT2D eigenvalue weighted by atomic mass is 32.2. The van der Waals surface area contributed by atoms with Gasteiger partial charge in [-0.3, -0.25) is 15.5 Å². The van der Waals surface area contributed by atoms with Gasteiger partial charge in [0.25, 0.3) is 5.69 Å². The smallest absolute Gasteiger partial charge is 0.269 e. The molecular formula is C10H13N3O3S3. The molecule has 0 bridgehead atoms. The number of thioether (sulfide) groups is 1. The molecule has 0 aliphatic heterocycles. The second-order valence-corrected chi connectivity index (χ2v) is 5.14. The number of methoxy groups -OCH3 is 1. The third kappa shape index (κ3) is 9.28. The Labute approximate surface area is 125 Å². The van der Waals surface area contributed by atoms with Crippen LogP contribution in [0.15, 0.2) is 24.3 Å². The maximum Gasteiger partial charge on any atom is 0.269 e. The molecular weight excluding hydrogens is 306 g/mol. The lowest BCUT2D eigenvalue weighted by Gasteiger charge is -1.98. The summed E-state index contributed by atoms with van der Waals surface area (Å²) in [5.41, 5.74) is 6.14. The van der Waals surface area contributed by atoms with Gasteiger partial charge < -0.3 is 10.5 Å². The standard InChI is InChI=1S/C8H9N3O2S.C2H4OS2/c9-8(10)14-5-6-1-3-7(4-2-6)11(12)13;1-3-2(4)5/h1-4H,5H2,(H3,9,10);1H3,(H,4,5). The van der Waals surface area contributed by atoms with Gasteiger partial charge in [0.15, 0.2) is 5.17 Å². The van der Waals surface area contributed by atoms with Crippen molar-refractivity contribution < 1.29 is 9.66 Å². The van der Waals surface area contributed by atoms with E-state index in [9.17, 15) is 10.1 Å². The van der Waals surface area contributed by atoms with Gasteiger partial charge in [0.05, 0.1) is 12.0 Å². The molecule has 0 fully saturated rings. The van der Waals surface area contributed by atoms with Crippen molar-refractivity contribution in [1.29, 1.82) is 5.41 Å². The van der Waals surface area contributed by atoms with Crippen LogP contribution >= 0.6 is 36.6 Å². The first-order valence-corrected chi connectivity index (χ1v) is 6.68. The maximum atomic E-state index is 10.3. The predicted octanol–water partition coefficient (Wildman–Crippen LogP) is 2.57. The van der Waals surface area contributed by atoms with E-state index in [1.807, 2.05) is 0 Å². The van der Waals surface area contributed by atoms with Crippen LogP contribution in [0.5, 0.6) is 0 Å². The first kappa shape index (κ1) is 17.7. The van der Waals surface area contributed by atoms with E-state index in [1.54, 1.807) is 12.1 Å². The van der Waals surface area contributed by atoms with Gasteiger partial charge in [-0.1, -0.05) is 36.5 Å². The van der Waals surface area contributed by atoms with Gasteiger partial charge in [0, 0.05) is 17.9 Å². The molecule has 0 heterocycles. The zero-order valence-electron chi connectivity index (χ0n) is 10.0. The molecule has 0 aromatic heterocycles. The van der Waals surface area contributed by atoms with E-state index >= 15 is 0 Å². The summed E-state index contributed by atoms with van der Waals surface area (Å²) in [5.74, 6) is 0.563. The molecule has 0 spiro atoms. The van der Waals surface area contributed by atoms with Crippen molar-refractivity contribution in [2.24, 2.45) is 5.73 Å². The number of hydrogen-bond donors (Lipinski definition) is 3. The van der Waals surface area contributed by atoms with Crippen LogP contribution in [0.1, 0.15) is 5.56 Å². The van der Waals surface area contributed by atoms with Crippen LogP contribution in [0.4, 0.5) is 5.69 Å². The van der Waals surface area contributed by atoms with Crippen molar-refractivity contribution in [3.8, 4) is 0 Å². The molecule has 0 amide bonds. The van der Waals surface area contributed by atoms with Crippen LogP contribution in [-0.2, 0) is 10.5 Å². The SMILES string of the molecule is COC(=S)S.N=C(N)SCc1ccc([N+](=O)[O-])cc1. The molecule has 0 aliphatic rings. The fourth-order valence-corrected chi connectivity index (χ4v) is 1.39. The van der Waals surface area contributed by atoms with E-state index in [0.29, 0.717) is 5.75 Å². The molecule has 0 saturated heterocycles. The van der Waals surface area contributed by atoms with Crippen molar-refractivity contribution in [2.45, 2.75) is 5.75 Å². The molecule has 6 nitrogen and oxygen atoms in total. The number of non-ortho nitro benzene ring substituents is 1. The number of benzene rings is 1. The normalized spacial score (nSPS) is 8.95. The van der Waals surface area contributed by atoms with Gasteiger partial charge >= 0.3 is 0 Å². The number of nitro groups is 1. The molecule has 104 valence electrons. The van der Waals surface area contributed by atoms with Gasteiger partial charge in [0.2, 0.25) is 4.38 Å². The Hall–Kier alpha value is -1.32. The summed E-state index contributed by atoms with van der Waals surface area (Å²) in [7, 11) is 1.48. The summed E-state index contributed by atoms with van der Waals surface area (Å²) in [6.07, 6.45) is 0. The molecule has 0 aliphatic carbocycles. The number of thiocarbonyl (C=S) groups is 1. The van der Waals surface area contributed by atoms with E-state index < -0.39 is 4.92 Å². The summed E-state index contributed by atoms with van der Waals surface area (Å²) in [5, 5.41) is 17.4. The van der Waals surface area contributed by atoms with Gasteiger partial charge in [-0.2, -0.15) is 0 Å². The Bertz CT molecular complexity index is 451. The fraction of sp³-hybridized carbons (Fsp3) is 0.200. The molecule has 3 N–H and O–H groups in total. The molecule has 19 heavy (non-hydrogen) atoms. The largest absolute Gasteiger partial charge is 0.482 e. The number of amidine groups is 1. The Morgan fingerprint density at radius 2 is 2.05 bits per heavy atom. The molecule has 0 radical (unpaired) electrons. The Morgan fingerprint density at radius 3 is 2.37 bits per heavy atom. The number of hydrogen-bond acceptors (Lipinski definition) is 6. The van der Waals surface area contributed by atoms with E-state index in [0.717, 1.165) is 5.56 Å². The molecule has 0 saturated carbocycles. The molecule has 1 aromatic carbocycles. The van der Waals surface area contributed by atoms with Crippen molar-refractivity contribution in [3.05, 3.63) is 39.9 Å². The fourth-order valence-electron chi connectivity index (χ4n) is 0.875. The minimum absolute atomic E-state index is 0.0448. The number of nitrogens with zero attached hydrogens (tertiary/aromatic N) is 1. The van der Waals surface area contributed by atoms with Gasteiger partial charge in [-0.15, -0.1) is 0 Å². The van der Waals surface area contributed by atoms with Crippen LogP contribution < -0.4 is 5.73 Å². The highest BCUT2D eigenvalue weighted by Gasteiger charge is 2.03. The highest BCUT2D eigenvalue weighted by Crippen LogP contribution is 2.16. The third-order valence-corrected chi connectivity index (χ3v) is 2.85. The number of nitrogens with two attached hydrogens (primary N) is 1. The molecule has 0 atom stereocenters. The van der Waals surface area contributed by atoms with E-state index in [4.69, 9.17) is 11.1 Å². The lowest BCUT2D eigenvalue weighted by Crippen LogP contribution is -2.03. The molecule has 1 rings (SSSR count). The second kappa shape index (κ2) is 9.59. The van der Waals surface area contributed by atoms with Crippen LogP contribution in [-0.4, -0.2) is 21.6 Å². The van der Waals surface area contributed by atoms with Crippen LogP contribution in [0.3, 0.4) is 0 Å². The van der Waals surface area contributed by atoms with E-state index in [2.05, 4.69) is 29.6 Å².